The van der Waals surface area contributed by atoms with E-state index in [1.54, 1.807) is 7.11 Å². The van der Waals surface area contributed by atoms with Gasteiger partial charge in [-0.1, -0.05) is 0 Å². The van der Waals surface area contributed by atoms with Crippen molar-refractivity contribution in [2.45, 2.75) is 63.3 Å². The molecule has 5 heteroatoms. The minimum Gasteiger partial charge on any atom is -0.377 e. The summed E-state index contributed by atoms with van der Waals surface area (Å²) in [6, 6.07) is 0.873. The predicted molar refractivity (Wildman–Crippen MR) is 72.7 cm³/mol. The standard InChI is InChI=1S/C14H26N2O3/c1-3-19-12-8-11(13(12)18-2)16-10-6-4-9(5-7-10)14(15)17/h9-13,16H,3-8H2,1-2H3,(H2,15,17). The van der Waals surface area contributed by atoms with Crippen molar-refractivity contribution in [1.29, 1.82) is 0 Å². The first kappa shape index (κ1) is 14.8. The first-order chi connectivity index (χ1) is 9.15. The number of amides is 1. The topological polar surface area (TPSA) is 73.6 Å². The van der Waals surface area contributed by atoms with Crippen LogP contribution in [0.25, 0.3) is 0 Å². The number of carbonyl (C=O) groups is 1. The second-order valence-corrected chi connectivity index (χ2v) is 5.65. The van der Waals surface area contributed by atoms with E-state index < -0.39 is 0 Å². The van der Waals surface area contributed by atoms with E-state index in [0.717, 1.165) is 38.7 Å². The zero-order valence-corrected chi connectivity index (χ0v) is 11.9. The summed E-state index contributed by atoms with van der Waals surface area (Å²) in [6.45, 7) is 2.75. The molecule has 19 heavy (non-hydrogen) atoms. The number of hydrogen-bond acceptors (Lipinski definition) is 4. The van der Waals surface area contributed by atoms with Crippen LogP contribution in [0.15, 0.2) is 0 Å². The van der Waals surface area contributed by atoms with Gasteiger partial charge in [-0.25, -0.2) is 0 Å². The Balaban J connectivity index is 1.73. The lowest BCUT2D eigenvalue weighted by molar-refractivity contribution is -0.134. The Labute approximate surface area is 115 Å². The fourth-order valence-corrected chi connectivity index (χ4v) is 3.29. The number of primary amides is 1. The molecular weight excluding hydrogens is 244 g/mol. The summed E-state index contributed by atoms with van der Waals surface area (Å²) >= 11 is 0. The second kappa shape index (κ2) is 6.68. The van der Waals surface area contributed by atoms with Gasteiger partial charge in [-0.05, 0) is 39.0 Å². The average Bonchev–Trinajstić information content (AvgIpc) is 2.38. The molecule has 3 atom stereocenters. The molecule has 2 fully saturated rings. The van der Waals surface area contributed by atoms with Crippen LogP contribution in [0.1, 0.15) is 39.0 Å². The molecule has 0 aromatic heterocycles. The molecule has 1 amide bonds. The van der Waals surface area contributed by atoms with Crippen LogP contribution in [0.4, 0.5) is 0 Å². The Morgan fingerprint density at radius 1 is 1.32 bits per heavy atom. The summed E-state index contributed by atoms with van der Waals surface area (Å²) in [5, 5.41) is 3.65. The maximum atomic E-state index is 11.1. The van der Waals surface area contributed by atoms with Crippen molar-refractivity contribution < 1.29 is 14.3 Å². The molecule has 110 valence electrons. The van der Waals surface area contributed by atoms with Gasteiger partial charge in [0.2, 0.25) is 5.91 Å². The Hall–Kier alpha value is -0.650. The van der Waals surface area contributed by atoms with E-state index in [2.05, 4.69) is 5.32 Å². The lowest BCUT2D eigenvalue weighted by atomic mass is 9.81. The quantitative estimate of drug-likeness (QED) is 0.749. The lowest BCUT2D eigenvalue weighted by Gasteiger charge is -2.45. The zero-order chi connectivity index (χ0) is 13.8. The Morgan fingerprint density at radius 3 is 2.53 bits per heavy atom. The Bertz CT molecular complexity index is 303. The minimum atomic E-state index is -0.145. The van der Waals surface area contributed by atoms with Gasteiger partial charge in [0.05, 0.1) is 12.2 Å². The van der Waals surface area contributed by atoms with Crippen LogP contribution >= 0.6 is 0 Å². The molecule has 0 aliphatic heterocycles. The molecule has 0 aromatic rings. The van der Waals surface area contributed by atoms with Gasteiger partial charge in [0.15, 0.2) is 0 Å². The SMILES string of the molecule is CCOC1CC(NC2CCC(C(N)=O)CC2)C1OC. The van der Waals surface area contributed by atoms with E-state index in [1.807, 2.05) is 6.92 Å². The first-order valence-electron chi connectivity index (χ1n) is 7.35. The second-order valence-electron chi connectivity index (χ2n) is 5.65. The highest BCUT2D eigenvalue weighted by atomic mass is 16.5. The fourth-order valence-electron chi connectivity index (χ4n) is 3.29. The number of nitrogens with one attached hydrogen (secondary N) is 1. The molecular formula is C14H26N2O3. The summed E-state index contributed by atoms with van der Waals surface area (Å²) in [5.74, 6) is -0.0675. The summed E-state index contributed by atoms with van der Waals surface area (Å²) in [5.41, 5.74) is 5.35. The fraction of sp³-hybridized carbons (Fsp3) is 0.929. The molecule has 0 radical (unpaired) electrons. The van der Waals surface area contributed by atoms with Crippen LogP contribution in [0.3, 0.4) is 0 Å². The molecule has 3 unspecified atom stereocenters. The van der Waals surface area contributed by atoms with E-state index >= 15 is 0 Å². The number of rotatable bonds is 6. The molecule has 2 rings (SSSR count). The third-order valence-electron chi connectivity index (χ3n) is 4.48. The van der Waals surface area contributed by atoms with Crippen molar-refractivity contribution in [3.05, 3.63) is 0 Å². The van der Waals surface area contributed by atoms with Crippen LogP contribution in [0.2, 0.25) is 0 Å². The monoisotopic (exact) mass is 270 g/mol. The lowest BCUT2D eigenvalue weighted by Crippen LogP contribution is -2.62. The van der Waals surface area contributed by atoms with Gasteiger partial charge in [0, 0.05) is 31.7 Å². The zero-order valence-electron chi connectivity index (χ0n) is 11.9. The van der Waals surface area contributed by atoms with Gasteiger partial charge >= 0.3 is 0 Å². The molecule has 0 saturated heterocycles. The number of hydrogen-bond donors (Lipinski definition) is 2. The molecule has 2 aliphatic rings. The van der Waals surface area contributed by atoms with E-state index in [-0.39, 0.29) is 24.0 Å². The van der Waals surface area contributed by atoms with Crippen LogP contribution in [0, 0.1) is 5.92 Å². The number of ether oxygens (including phenoxy) is 2. The minimum absolute atomic E-state index is 0.0776. The molecule has 3 N–H and O–H groups in total. The Kier molecular flexibility index (Phi) is 5.19. The molecule has 0 aromatic carbocycles. The van der Waals surface area contributed by atoms with Crippen LogP contribution in [0.5, 0.6) is 0 Å². The van der Waals surface area contributed by atoms with E-state index in [9.17, 15) is 4.79 Å². The third-order valence-corrected chi connectivity index (χ3v) is 4.48. The highest BCUT2D eigenvalue weighted by Gasteiger charge is 2.43. The highest BCUT2D eigenvalue weighted by molar-refractivity contribution is 5.76. The van der Waals surface area contributed by atoms with Crippen molar-refractivity contribution in [3.63, 3.8) is 0 Å². The summed E-state index contributed by atoms with van der Waals surface area (Å²) < 4.78 is 11.1. The maximum absolute atomic E-state index is 11.1. The van der Waals surface area contributed by atoms with Gasteiger partial charge in [0.25, 0.3) is 0 Å². The first-order valence-corrected chi connectivity index (χ1v) is 7.35. The predicted octanol–water partition coefficient (Wildman–Crippen LogP) is 0.813. The van der Waals surface area contributed by atoms with Crippen LogP contribution in [-0.4, -0.2) is 43.9 Å². The van der Waals surface area contributed by atoms with E-state index in [4.69, 9.17) is 15.2 Å². The van der Waals surface area contributed by atoms with E-state index in [0.29, 0.717) is 12.1 Å². The van der Waals surface area contributed by atoms with Crippen LogP contribution in [-0.2, 0) is 14.3 Å². The molecule has 2 saturated carbocycles. The van der Waals surface area contributed by atoms with Crippen molar-refractivity contribution in [1.82, 2.24) is 5.32 Å². The van der Waals surface area contributed by atoms with Crippen molar-refractivity contribution in [2.24, 2.45) is 11.7 Å². The van der Waals surface area contributed by atoms with Crippen molar-refractivity contribution in [2.75, 3.05) is 13.7 Å². The Morgan fingerprint density at radius 2 is 2.00 bits per heavy atom. The molecule has 2 aliphatic carbocycles. The number of nitrogens with two attached hydrogens (primary N) is 1. The van der Waals surface area contributed by atoms with Gasteiger partial charge in [-0.15, -0.1) is 0 Å². The maximum Gasteiger partial charge on any atom is 0.220 e. The smallest absolute Gasteiger partial charge is 0.220 e. The molecule has 0 bridgehead atoms. The summed E-state index contributed by atoms with van der Waals surface area (Å²) in [4.78, 5) is 11.1. The largest absolute Gasteiger partial charge is 0.377 e. The van der Waals surface area contributed by atoms with Crippen molar-refractivity contribution >= 4 is 5.91 Å². The molecule has 0 heterocycles. The van der Waals surface area contributed by atoms with Gasteiger partial charge in [0.1, 0.15) is 0 Å². The third kappa shape index (κ3) is 3.46. The molecule has 5 nitrogen and oxygen atoms in total. The van der Waals surface area contributed by atoms with Gasteiger partial charge in [-0.3, -0.25) is 4.79 Å². The number of carbonyl (C=O) groups excluding carboxylic acids is 1. The number of methoxy groups -OCH3 is 1. The van der Waals surface area contributed by atoms with E-state index in [1.165, 1.54) is 0 Å². The summed E-state index contributed by atoms with van der Waals surface area (Å²) in [6.07, 6.45) is 5.28. The summed E-state index contributed by atoms with van der Waals surface area (Å²) in [7, 11) is 1.74. The molecule has 0 spiro atoms. The van der Waals surface area contributed by atoms with Crippen LogP contribution < -0.4 is 11.1 Å². The highest BCUT2D eigenvalue weighted by Crippen LogP contribution is 2.30. The van der Waals surface area contributed by atoms with Gasteiger partial charge < -0.3 is 20.5 Å². The average molecular weight is 270 g/mol. The van der Waals surface area contributed by atoms with Crippen molar-refractivity contribution in [3.8, 4) is 0 Å². The normalized spacial score (nSPS) is 38.7. The van der Waals surface area contributed by atoms with Gasteiger partial charge in [-0.2, -0.15) is 0 Å².